The maximum atomic E-state index is 13.2. The van der Waals surface area contributed by atoms with E-state index in [0.29, 0.717) is 11.1 Å². The van der Waals surface area contributed by atoms with Gasteiger partial charge in [0.05, 0.1) is 10.9 Å². The molecule has 1 saturated heterocycles. The van der Waals surface area contributed by atoms with Crippen LogP contribution in [0.5, 0.6) is 5.75 Å². The van der Waals surface area contributed by atoms with Gasteiger partial charge in [0.25, 0.3) is 0 Å². The number of benzene rings is 2. The van der Waals surface area contributed by atoms with Gasteiger partial charge in [-0.2, -0.15) is 0 Å². The first kappa shape index (κ1) is 30.7. The number of esters is 4. The highest BCUT2D eigenvalue weighted by Crippen LogP contribution is 2.32. The molecule has 0 N–H and O–H groups in total. The molecule has 12 nitrogen and oxygen atoms in total. The largest absolute Gasteiger partial charge is 0.463 e. The van der Waals surface area contributed by atoms with Gasteiger partial charge in [0.2, 0.25) is 12.4 Å². The Labute approximate surface area is 247 Å². The molecule has 0 radical (unpaired) electrons. The number of carbonyl (C=O) groups is 4. The standard InChI is InChI=1S/C29H27BrO12/c1-14(31)36-13-24-26(38-15(2)32)27(39-16(3)33)28(40-17(4)34)29(42-24)41-20-9-10-21-23(11-20)37-12-22(25(21)35)18-5-7-19(30)8-6-18/h5-12,24,26-29H,13H2,1-4H3/t24-,26-,27-,28+,29-/m0/s1. The predicted molar refractivity (Wildman–Crippen MR) is 148 cm³/mol. The first-order valence-electron chi connectivity index (χ1n) is 12.7. The van der Waals surface area contributed by atoms with Crippen molar-refractivity contribution in [1.29, 1.82) is 0 Å². The van der Waals surface area contributed by atoms with Crippen molar-refractivity contribution < 1.29 is 52.0 Å². The second-order valence-electron chi connectivity index (χ2n) is 9.33. The van der Waals surface area contributed by atoms with E-state index in [4.69, 9.17) is 32.8 Å². The molecule has 0 aliphatic carbocycles. The fourth-order valence-corrected chi connectivity index (χ4v) is 4.69. The normalized spacial score (nSPS) is 21.7. The van der Waals surface area contributed by atoms with E-state index in [9.17, 15) is 24.0 Å². The summed E-state index contributed by atoms with van der Waals surface area (Å²) in [4.78, 5) is 60.7. The van der Waals surface area contributed by atoms with E-state index in [1.807, 2.05) is 12.1 Å². The third-order valence-corrected chi connectivity index (χ3v) is 6.63. The van der Waals surface area contributed by atoms with Gasteiger partial charge in [0.15, 0.2) is 17.6 Å². The number of ether oxygens (including phenoxy) is 6. The molecule has 1 aliphatic rings. The Morgan fingerprint density at radius 1 is 0.810 bits per heavy atom. The summed E-state index contributed by atoms with van der Waals surface area (Å²) in [5.74, 6) is -2.78. The molecule has 3 aromatic rings. The van der Waals surface area contributed by atoms with Crippen molar-refractivity contribution in [3.8, 4) is 16.9 Å². The summed E-state index contributed by atoms with van der Waals surface area (Å²) in [6.45, 7) is 4.15. The molecular weight excluding hydrogens is 620 g/mol. The fraction of sp³-hybridized carbons (Fsp3) is 0.345. The lowest BCUT2D eigenvalue weighted by molar-refractivity contribution is -0.288. The number of carbonyl (C=O) groups excluding carboxylic acids is 4. The monoisotopic (exact) mass is 646 g/mol. The first-order chi connectivity index (χ1) is 19.9. The second kappa shape index (κ2) is 13.2. The Kier molecular flexibility index (Phi) is 9.63. The second-order valence-corrected chi connectivity index (χ2v) is 10.2. The van der Waals surface area contributed by atoms with Crippen molar-refractivity contribution in [2.24, 2.45) is 0 Å². The average molecular weight is 647 g/mol. The molecule has 2 aromatic carbocycles. The third-order valence-electron chi connectivity index (χ3n) is 6.10. The van der Waals surface area contributed by atoms with Crippen LogP contribution >= 0.6 is 15.9 Å². The van der Waals surface area contributed by atoms with Gasteiger partial charge in [-0.05, 0) is 29.8 Å². The smallest absolute Gasteiger partial charge is 0.303 e. The highest BCUT2D eigenvalue weighted by Gasteiger charge is 2.53. The van der Waals surface area contributed by atoms with Gasteiger partial charge >= 0.3 is 23.9 Å². The van der Waals surface area contributed by atoms with Gasteiger partial charge in [0.1, 0.15) is 30.3 Å². The van der Waals surface area contributed by atoms with Crippen molar-refractivity contribution in [3.05, 3.63) is 63.4 Å². The molecule has 0 unspecified atom stereocenters. The summed E-state index contributed by atoms with van der Waals surface area (Å²) >= 11 is 3.37. The highest BCUT2D eigenvalue weighted by atomic mass is 79.9. The third kappa shape index (κ3) is 7.34. The van der Waals surface area contributed by atoms with Crippen LogP contribution in [-0.2, 0) is 42.9 Å². The molecule has 2 heterocycles. The van der Waals surface area contributed by atoms with E-state index in [2.05, 4.69) is 15.9 Å². The van der Waals surface area contributed by atoms with Crippen molar-refractivity contribution >= 4 is 50.8 Å². The fourth-order valence-electron chi connectivity index (χ4n) is 4.43. The molecule has 5 atom stereocenters. The van der Waals surface area contributed by atoms with Gasteiger partial charge in [-0.25, -0.2) is 0 Å². The van der Waals surface area contributed by atoms with Crippen LogP contribution < -0.4 is 10.2 Å². The minimum absolute atomic E-state index is 0.142. The molecule has 1 aliphatic heterocycles. The molecule has 42 heavy (non-hydrogen) atoms. The Morgan fingerprint density at radius 2 is 1.43 bits per heavy atom. The van der Waals surface area contributed by atoms with Crippen LogP contribution in [0.4, 0.5) is 0 Å². The SMILES string of the molecule is CC(=O)OC[C@@H]1O[C@H](Oc2ccc3c(=O)c(-c4ccc(Br)cc4)coc3c2)[C@H](OC(C)=O)[C@@H](OC(C)=O)[C@H]1OC(C)=O. The van der Waals surface area contributed by atoms with E-state index in [-0.39, 0.29) is 22.1 Å². The minimum Gasteiger partial charge on any atom is -0.463 e. The maximum Gasteiger partial charge on any atom is 0.303 e. The zero-order chi connectivity index (χ0) is 30.6. The lowest BCUT2D eigenvalue weighted by atomic mass is 9.98. The van der Waals surface area contributed by atoms with E-state index in [1.54, 1.807) is 12.1 Å². The topological polar surface area (TPSA) is 154 Å². The van der Waals surface area contributed by atoms with Crippen LogP contribution in [0.1, 0.15) is 27.7 Å². The van der Waals surface area contributed by atoms with Crippen molar-refractivity contribution in [2.45, 2.75) is 58.4 Å². The zero-order valence-electron chi connectivity index (χ0n) is 23.0. The van der Waals surface area contributed by atoms with Crippen LogP contribution in [0.2, 0.25) is 0 Å². The molecule has 4 rings (SSSR count). The van der Waals surface area contributed by atoms with Gasteiger partial charge in [-0.1, -0.05) is 28.1 Å². The van der Waals surface area contributed by atoms with Gasteiger partial charge in [0, 0.05) is 38.2 Å². The van der Waals surface area contributed by atoms with Crippen molar-refractivity contribution in [2.75, 3.05) is 6.61 Å². The van der Waals surface area contributed by atoms with Gasteiger partial charge in [-0.15, -0.1) is 0 Å². The summed E-state index contributed by atoms with van der Waals surface area (Å²) in [5, 5.41) is 0.282. The summed E-state index contributed by atoms with van der Waals surface area (Å²) in [5.41, 5.74) is 0.969. The Morgan fingerprint density at radius 3 is 2.05 bits per heavy atom. The summed E-state index contributed by atoms with van der Waals surface area (Å²) < 4.78 is 39.8. The molecule has 1 fully saturated rings. The minimum atomic E-state index is -1.43. The molecule has 0 amide bonds. The lowest BCUT2D eigenvalue weighted by Crippen LogP contribution is -2.63. The van der Waals surface area contributed by atoms with E-state index < -0.39 is 61.2 Å². The Hall–Kier alpha value is -4.23. The highest BCUT2D eigenvalue weighted by molar-refractivity contribution is 9.10. The molecule has 1 aromatic heterocycles. The van der Waals surface area contributed by atoms with E-state index in [1.165, 1.54) is 31.4 Å². The van der Waals surface area contributed by atoms with Crippen LogP contribution in [0.3, 0.4) is 0 Å². The number of hydrogen-bond acceptors (Lipinski definition) is 12. The molecular formula is C29H27BrO12. The molecule has 222 valence electrons. The maximum absolute atomic E-state index is 13.2. The van der Waals surface area contributed by atoms with Crippen LogP contribution in [0.25, 0.3) is 22.1 Å². The number of rotatable bonds is 8. The van der Waals surface area contributed by atoms with E-state index in [0.717, 1.165) is 25.2 Å². The Balaban J connectivity index is 1.70. The molecule has 0 saturated carbocycles. The molecule has 0 spiro atoms. The summed E-state index contributed by atoms with van der Waals surface area (Å²) in [7, 11) is 0. The van der Waals surface area contributed by atoms with Crippen LogP contribution in [0.15, 0.2) is 62.4 Å². The van der Waals surface area contributed by atoms with Gasteiger partial charge < -0.3 is 32.8 Å². The molecule has 13 heteroatoms. The van der Waals surface area contributed by atoms with E-state index >= 15 is 0 Å². The van der Waals surface area contributed by atoms with Crippen molar-refractivity contribution in [1.82, 2.24) is 0 Å². The molecule has 0 bridgehead atoms. The number of hydrogen-bond donors (Lipinski definition) is 0. The van der Waals surface area contributed by atoms with Gasteiger partial charge in [-0.3, -0.25) is 24.0 Å². The number of halogens is 1. The zero-order valence-corrected chi connectivity index (χ0v) is 24.6. The average Bonchev–Trinajstić information content (AvgIpc) is 2.91. The predicted octanol–water partition coefficient (Wildman–Crippen LogP) is 3.68. The van der Waals surface area contributed by atoms with Crippen molar-refractivity contribution in [3.63, 3.8) is 0 Å². The lowest BCUT2D eigenvalue weighted by Gasteiger charge is -2.43. The Bertz CT molecular complexity index is 1550. The summed E-state index contributed by atoms with van der Waals surface area (Å²) in [6, 6.07) is 11.6. The van der Waals surface area contributed by atoms with Crippen LogP contribution in [-0.4, -0.2) is 61.2 Å². The quantitative estimate of drug-likeness (QED) is 0.259. The number of fused-ring (bicyclic) bond motifs is 1. The summed E-state index contributed by atoms with van der Waals surface area (Å²) in [6.07, 6.45) is -5.39. The van der Waals surface area contributed by atoms with Crippen LogP contribution in [0, 0.1) is 0 Å². The first-order valence-corrected chi connectivity index (χ1v) is 13.5.